The maximum Gasteiger partial charge on any atom is 0.253 e. The van der Waals surface area contributed by atoms with Gasteiger partial charge in [-0.3, -0.25) is 9.59 Å². The average Bonchev–Trinajstić information content (AvgIpc) is 3.12. The van der Waals surface area contributed by atoms with E-state index in [4.69, 9.17) is 9.47 Å². The number of amides is 2. The second kappa shape index (κ2) is 10.2. The Morgan fingerprint density at radius 3 is 2.52 bits per heavy atom. The summed E-state index contributed by atoms with van der Waals surface area (Å²) in [7, 11) is 0. The van der Waals surface area contributed by atoms with Gasteiger partial charge in [-0.1, -0.05) is 0 Å². The molecule has 0 saturated heterocycles. The molecule has 1 N–H and O–H groups in total. The number of benzene rings is 2. The molecule has 2 aromatic carbocycles. The summed E-state index contributed by atoms with van der Waals surface area (Å²) in [6.07, 6.45) is 4.19. The van der Waals surface area contributed by atoms with Gasteiger partial charge in [0.2, 0.25) is 5.91 Å². The first-order valence-corrected chi connectivity index (χ1v) is 10.8. The van der Waals surface area contributed by atoms with Crippen molar-refractivity contribution >= 4 is 23.6 Å². The zero-order chi connectivity index (χ0) is 22.4. The van der Waals surface area contributed by atoms with Gasteiger partial charge < -0.3 is 19.7 Å². The molecule has 164 valence electrons. The van der Waals surface area contributed by atoms with Crippen molar-refractivity contribution in [2.75, 3.05) is 25.0 Å². The van der Waals surface area contributed by atoms with E-state index >= 15 is 0 Å². The minimum absolute atomic E-state index is 0.0145. The molecule has 0 unspecified atom stereocenters. The number of ether oxygens (including phenoxy) is 2. The summed E-state index contributed by atoms with van der Waals surface area (Å²) in [6, 6.07) is 10.8. The van der Waals surface area contributed by atoms with Crippen LogP contribution in [-0.2, 0) is 11.2 Å². The van der Waals surface area contributed by atoms with Gasteiger partial charge in [0.25, 0.3) is 5.91 Å². The molecule has 0 aromatic heterocycles. The van der Waals surface area contributed by atoms with E-state index in [0.29, 0.717) is 30.9 Å². The fraction of sp³-hybridized carbons (Fsp3) is 0.360. The van der Waals surface area contributed by atoms with Crippen LogP contribution in [0.3, 0.4) is 0 Å². The van der Waals surface area contributed by atoms with Crippen LogP contribution in [0.5, 0.6) is 11.5 Å². The molecule has 3 rings (SSSR count). The number of fused-ring (bicyclic) bond motifs is 1. The van der Waals surface area contributed by atoms with Crippen LogP contribution in [0.4, 0.5) is 5.69 Å². The fourth-order valence-electron chi connectivity index (χ4n) is 3.60. The molecule has 0 bridgehead atoms. The molecule has 6 heteroatoms. The van der Waals surface area contributed by atoms with Crippen molar-refractivity contribution in [3.05, 3.63) is 59.2 Å². The summed E-state index contributed by atoms with van der Waals surface area (Å²) in [4.78, 5) is 26.6. The third kappa shape index (κ3) is 5.45. The molecular formula is C25H30N2O4. The van der Waals surface area contributed by atoms with Crippen molar-refractivity contribution in [2.45, 2.75) is 40.2 Å². The highest BCUT2D eigenvalue weighted by molar-refractivity contribution is 6.02. The van der Waals surface area contributed by atoms with E-state index in [1.807, 2.05) is 39.8 Å². The van der Waals surface area contributed by atoms with Gasteiger partial charge in [-0.15, -0.1) is 0 Å². The molecule has 0 spiro atoms. The molecule has 1 atom stereocenters. The largest absolute Gasteiger partial charge is 0.493 e. The number of hydrogen-bond donors (Lipinski definition) is 1. The highest BCUT2D eigenvalue weighted by Gasteiger charge is 2.21. The fourth-order valence-corrected chi connectivity index (χ4v) is 3.60. The van der Waals surface area contributed by atoms with E-state index in [9.17, 15) is 9.59 Å². The van der Waals surface area contributed by atoms with Gasteiger partial charge in [0, 0.05) is 48.0 Å². The Kier molecular flexibility index (Phi) is 7.34. The zero-order valence-corrected chi connectivity index (χ0v) is 18.6. The molecule has 0 saturated carbocycles. The molecule has 0 radical (unpaired) electrons. The highest BCUT2D eigenvalue weighted by atomic mass is 16.5. The molecule has 1 heterocycles. The second-order valence-electron chi connectivity index (χ2n) is 7.44. The number of nitrogens with one attached hydrogen (secondary N) is 1. The van der Waals surface area contributed by atoms with E-state index in [0.717, 1.165) is 29.0 Å². The van der Waals surface area contributed by atoms with Gasteiger partial charge in [0.05, 0.1) is 6.61 Å². The van der Waals surface area contributed by atoms with Gasteiger partial charge in [-0.25, -0.2) is 0 Å². The molecule has 0 aliphatic carbocycles. The van der Waals surface area contributed by atoms with E-state index in [2.05, 4.69) is 5.32 Å². The lowest BCUT2D eigenvalue weighted by molar-refractivity contribution is -0.111. The summed E-state index contributed by atoms with van der Waals surface area (Å²) in [5.41, 5.74) is 3.15. The SMILES string of the molecule is CCOc1cc2c(cc1/C=C/C(=O)Nc1ccc(C(=O)N(CC)CC)cc1)O[C@H](C)C2. The summed E-state index contributed by atoms with van der Waals surface area (Å²) < 4.78 is 11.6. The minimum atomic E-state index is -0.264. The number of nitrogens with zero attached hydrogens (tertiary/aromatic N) is 1. The van der Waals surface area contributed by atoms with E-state index in [-0.39, 0.29) is 17.9 Å². The predicted octanol–water partition coefficient (Wildman–Crippen LogP) is 4.54. The monoisotopic (exact) mass is 422 g/mol. The Morgan fingerprint density at radius 2 is 1.87 bits per heavy atom. The number of rotatable bonds is 8. The molecule has 2 aromatic rings. The molecule has 1 aliphatic rings. The van der Waals surface area contributed by atoms with Crippen LogP contribution in [0.15, 0.2) is 42.5 Å². The third-order valence-electron chi connectivity index (χ3n) is 5.19. The first kappa shape index (κ1) is 22.4. The lowest BCUT2D eigenvalue weighted by Gasteiger charge is -2.18. The minimum Gasteiger partial charge on any atom is -0.493 e. The number of carbonyl (C=O) groups excluding carboxylic acids is 2. The molecule has 2 amide bonds. The van der Waals surface area contributed by atoms with Crippen LogP contribution in [-0.4, -0.2) is 42.5 Å². The van der Waals surface area contributed by atoms with E-state index in [1.165, 1.54) is 6.08 Å². The van der Waals surface area contributed by atoms with Gasteiger partial charge in [-0.2, -0.15) is 0 Å². The van der Waals surface area contributed by atoms with Crippen molar-refractivity contribution in [3.63, 3.8) is 0 Å². The first-order chi connectivity index (χ1) is 14.9. The summed E-state index contributed by atoms with van der Waals surface area (Å²) in [5, 5.41) is 2.82. The van der Waals surface area contributed by atoms with Gasteiger partial charge in [0.15, 0.2) is 0 Å². The van der Waals surface area contributed by atoms with Crippen molar-refractivity contribution < 1.29 is 19.1 Å². The van der Waals surface area contributed by atoms with Crippen molar-refractivity contribution in [1.82, 2.24) is 4.90 Å². The standard InChI is InChI=1S/C25H30N2O4/c1-5-27(6-2)25(29)18-8-11-21(12-9-18)26-24(28)13-10-19-15-23-20(14-17(4)31-23)16-22(19)30-7-3/h8-13,15-17H,5-7,14H2,1-4H3,(H,26,28)/b13-10+/t17-/m1/s1. The van der Waals surface area contributed by atoms with E-state index in [1.54, 1.807) is 35.2 Å². The van der Waals surface area contributed by atoms with Gasteiger partial charge >= 0.3 is 0 Å². The Labute approximate surface area is 183 Å². The molecule has 1 aliphatic heterocycles. The molecule has 0 fully saturated rings. The number of hydrogen-bond acceptors (Lipinski definition) is 4. The van der Waals surface area contributed by atoms with Crippen LogP contribution < -0.4 is 14.8 Å². The lowest BCUT2D eigenvalue weighted by Crippen LogP contribution is -2.30. The lowest BCUT2D eigenvalue weighted by atomic mass is 10.1. The number of anilines is 1. The van der Waals surface area contributed by atoms with E-state index < -0.39 is 0 Å². The maximum atomic E-state index is 12.4. The molecule has 31 heavy (non-hydrogen) atoms. The Bertz CT molecular complexity index is 962. The summed E-state index contributed by atoms with van der Waals surface area (Å²) in [6.45, 7) is 9.73. The van der Waals surface area contributed by atoms with Crippen LogP contribution in [0.2, 0.25) is 0 Å². The van der Waals surface area contributed by atoms with Crippen LogP contribution >= 0.6 is 0 Å². The molecular weight excluding hydrogens is 392 g/mol. The zero-order valence-electron chi connectivity index (χ0n) is 18.6. The maximum absolute atomic E-state index is 12.4. The summed E-state index contributed by atoms with van der Waals surface area (Å²) in [5.74, 6) is 1.30. The first-order valence-electron chi connectivity index (χ1n) is 10.8. The third-order valence-corrected chi connectivity index (χ3v) is 5.19. The predicted molar refractivity (Wildman–Crippen MR) is 123 cm³/mol. The topological polar surface area (TPSA) is 67.9 Å². The smallest absolute Gasteiger partial charge is 0.253 e. The van der Waals surface area contributed by atoms with Crippen LogP contribution in [0, 0.1) is 0 Å². The van der Waals surface area contributed by atoms with Crippen LogP contribution in [0.1, 0.15) is 49.2 Å². The highest BCUT2D eigenvalue weighted by Crippen LogP contribution is 2.35. The summed E-state index contributed by atoms with van der Waals surface area (Å²) >= 11 is 0. The molecule has 6 nitrogen and oxygen atoms in total. The average molecular weight is 423 g/mol. The van der Waals surface area contributed by atoms with Crippen molar-refractivity contribution in [3.8, 4) is 11.5 Å². The number of carbonyl (C=O) groups is 2. The Morgan fingerprint density at radius 1 is 1.16 bits per heavy atom. The van der Waals surface area contributed by atoms with Gasteiger partial charge in [0.1, 0.15) is 17.6 Å². The van der Waals surface area contributed by atoms with Gasteiger partial charge in [-0.05, 0) is 70.2 Å². The normalized spacial score (nSPS) is 14.8. The Hall–Kier alpha value is -3.28. The second-order valence-corrected chi connectivity index (χ2v) is 7.44. The van der Waals surface area contributed by atoms with Crippen molar-refractivity contribution in [1.29, 1.82) is 0 Å². The van der Waals surface area contributed by atoms with Crippen LogP contribution in [0.25, 0.3) is 6.08 Å². The van der Waals surface area contributed by atoms with Crippen molar-refractivity contribution in [2.24, 2.45) is 0 Å². The Balaban J connectivity index is 1.68. The quantitative estimate of drug-likeness (QED) is 0.634.